The number of hydrogen-bond acceptors (Lipinski definition) is 3. The lowest BCUT2D eigenvalue weighted by Gasteiger charge is -2.05. The fourth-order valence-electron chi connectivity index (χ4n) is 1.66. The van der Waals surface area contributed by atoms with Crippen LogP contribution < -0.4 is 5.32 Å². The van der Waals surface area contributed by atoms with Gasteiger partial charge in [-0.3, -0.25) is 0 Å². The van der Waals surface area contributed by atoms with Crippen molar-refractivity contribution in [2.75, 3.05) is 20.3 Å². The summed E-state index contributed by atoms with van der Waals surface area (Å²) < 4.78 is 4.99. The van der Waals surface area contributed by atoms with Gasteiger partial charge in [0.1, 0.15) is 0 Å². The molecule has 1 rings (SSSR count). The van der Waals surface area contributed by atoms with Crippen molar-refractivity contribution in [2.45, 2.75) is 25.8 Å². The van der Waals surface area contributed by atoms with Gasteiger partial charge in [0.05, 0.1) is 11.6 Å². The topological polar surface area (TPSA) is 45.0 Å². The van der Waals surface area contributed by atoms with Gasteiger partial charge in [0.15, 0.2) is 0 Å². The molecule has 1 N–H and O–H groups in total. The standard InChI is InChI=1S/C14H20N2O/c1-17-9-4-2-3-8-16-12-14-7-5-6-13(10-14)11-15/h5-7,10,16H,2-4,8-9,12H2,1H3. The van der Waals surface area contributed by atoms with Gasteiger partial charge in [-0.15, -0.1) is 0 Å². The van der Waals surface area contributed by atoms with Crippen molar-refractivity contribution in [1.82, 2.24) is 5.32 Å². The third-order valence-corrected chi connectivity index (χ3v) is 2.59. The molecule has 0 heterocycles. The Morgan fingerprint density at radius 2 is 2.18 bits per heavy atom. The van der Waals surface area contributed by atoms with Crippen LogP contribution in [0.1, 0.15) is 30.4 Å². The first-order chi connectivity index (χ1) is 8.36. The van der Waals surface area contributed by atoms with Crippen molar-refractivity contribution < 1.29 is 4.74 Å². The maximum atomic E-state index is 8.77. The zero-order valence-electron chi connectivity index (χ0n) is 10.4. The smallest absolute Gasteiger partial charge is 0.0991 e. The molecule has 0 atom stereocenters. The summed E-state index contributed by atoms with van der Waals surface area (Å²) in [6.07, 6.45) is 3.49. The number of unbranched alkanes of at least 4 members (excludes halogenated alkanes) is 2. The average molecular weight is 232 g/mol. The summed E-state index contributed by atoms with van der Waals surface area (Å²) >= 11 is 0. The van der Waals surface area contributed by atoms with Gasteiger partial charge in [0.2, 0.25) is 0 Å². The van der Waals surface area contributed by atoms with Crippen molar-refractivity contribution in [1.29, 1.82) is 5.26 Å². The summed E-state index contributed by atoms with van der Waals surface area (Å²) in [4.78, 5) is 0. The second-order valence-electron chi connectivity index (χ2n) is 4.04. The predicted molar refractivity (Wildman–Crippen MR) is 68.6 cm³/mol. The number of nitrogens with one attached hydrogen (secondary N) is 1. The summed E-state index contributed by atoms with van der Waals surface area (Å²) in [5, 5.41) is 12.2. The highest BCUT2D eigenvalue weighted by atomic mass is 16.5. The molecule has 0 saturated carbocycles. The molecule has 3 heteroatoms. The fraction of sp³-hybridized carbons (Fsp3) is 0.500. The van der Waals surface area contributed by atoms with Crippen molar-refractivity contribution in [3.63, 3.8) is 0 Å². The minimum Gasteiger partial charge on any atom is -0.385 e. The van der Waals surface area contributed by atoms with E-state index in [2.05, 4.69) is 11.4 Å². The first kappa shape index (κ1) is 13.7. The van der Waals surface area contributed by atoms with Gasteiger partial charge in [-0.25, -0.2) is 0 Å². The van der Waals surface area contributed by atoms with Crippen LogP contribution in [0.5, 0.6) is 0 Å². The summed E-state index contributed by atoms with van der Waals surface area (Å²) in [6, 6.07) is 9.87. The summed E-state index contributed by atoms with van der Waals surface area (Å²) in [5.41, 5.74) is 1.89. The molecular weight excluding hydrogens is 212 g/mol. The number of rotatable bonds is 8. The SMILES string of the molecule is COCCCCCNCc1cccc(C#N)c1. The van der Waals surface area contributed by atoms with Gasteiger partial charge in [-0.2, -0.15) is 5.26 Å². The first-order valence-electron chi connectivity index (χ1n) is 6.05. The van der Waals surface area contributed by atoms with E-state index in [1.807, 2.05) is 24.3 Å². The van der Waals surface area contributed by atoms with Crippen molar-refractivity contribution in [2.24, 2.45) is 0 Å². The Bertz CT molecular complexity index is 357. The lowest BCUT2D eigenvalue weighted by atomic mass is 10.1. The minimum atomic E-state index is 0.726. The molecule has 0 aliphatic rings. The summed E-state index contributed by atoms with van der Waals surface area (Å²) in [7, 11) is 1.74. The molecule has 0 aromatic heterocycles. The quantitative estimate of drug-likeness (QED) is 0.700. The van der Waals surface area contributed by atoms with E-state index in [1.165, 1.54) is 18.4 Å². The Hall–Kier alpha value is -1.37. The first-order valence-corrected chi connectivity index (χ1v) is 6.05. The van der Waals surface area contributed by atoms with Gasteiger partial charge in [-0.05, 0) is 43.5 Å². The van der Waals surface area contributed by atoms with Crippen LogP contribution in [0.3, 0.4) is 0 Å². The van der Waals surface area contributed by atoms with Crippen molar-refractivity contribution >= 4 is 0 Å². The monoisotopic (exact) mass is 232 g/mol. The number of methoxy groups -OCH3 is 1. The van der Waals surface area contributed by atoms with Crippen LogP contribution in [-0.4, -0.2) is 20.3 Å². The normalized spacial score (nSPS) is 10.1. The van der Waals surface area contributed by atoms with E-state index in [-0.39, 0.29) is 0 Å². The Balaban J connectivity index is 2.12. The molecule has 1 aromatic carbocycles. The maximum absolute atomic E-state index is 8.77. The zero-order valence-corrected chi connectivity index (χ0v) is 10.4. The van der Waals surface area contributed by atoms with E-state index in [1.54, 1.807) is 7.11 Å². The molecule has 0 spiro atoms. The average Bonchev–Trinajstić information content (AvgIpc) is 2.38. The van der Waals surface area contributed by atoms with Gasteiger partial charge in [0, 0.05) is 20.3 Å². The van der Waals surface area contributed by atoms with E-state index >= 15 is 0 Å². The molecule has 0 saturated heterocycles. The lowest BCUT2D eigenvalue weighted by Crippen LogP contribution is -2.14. The number of nitriles is 1. The third-order valence-electron chi connectivity index (χ3n) is 2.59. The van der Waals surface area contributed by atoms with Gasteiger partial charge in [0.25, 0.3) is 0 Å². The van der Waals surface area contributed by atoms with E-state index in [0.29, 0.717) is 0 Å². The Morgan fingerprint density at radius 1 is 1.29 bits per heavy atom. The number of ether oxygens (including phenoxy) is 1. The van der Waals surface area contributed by atoms with Crippen molar-refractivity contribution in [3.05, 3.63) is 35.4 Å². The second kappa shape index (κ2) is 8.74. The van der Waals surface area contributed by atoms with E-state index in [0.717, 1.165) is 31.7 Å². The number of hydrogen-bond donors (Lipinski definition) is 1. The highest BCUT2D eigenvalue weighted by molar-refractivity contribution is 5.32. The van der Waals surface area contributed by atoms with Crippen LogP contribution in [0, 0.1) is 11.3 Å². The molecular formula is C14H20N2O. The molecule has 1 aromatic rings. The Kier molecular flexibility index (Phi) is 7.04. The molecule has 0 amide bonds. The van der Waals surface area contributed by atoms with Crippen LogP contribution >= 0.6 is 0 Å². The largest absolute Gasteiger partial charge is 0.385 e. The molecule has 0 radical (unpaired) electrons. The number of benzene rings is 1. The third kappa shape index (κ3) is 6.06. The molecule has 0 aliphatic carbocycles. The van der Waals surface area contributed by atoms with Crippen LogP contribution in [0.2, 0.25) is 0 Å². The van der Waals surface area contributed by atoms with Crippen LogP contribution in [0.25, 0.3) is 0 Å². The molecule has 0 unspecified atom stereocenters. The van der Waals surface area contributed by atoms with Gasteiger partial charge in [-0.1, -0.05) is 12.1 Å². The highest BCUT2D eigenvalue weighted by Crippen LogP contribution is 2.03. The van der Waals surface area contributed by atoms with E-state index < -0.39 is 0 Å². The lowest BCUT2D eigenvalue weighted by molar-refractivity contribution is 0.192. The molecule has 0 aliphatic heterocycles. The van der Waals surface area contributed by atoms with Gasteiger partial charge >= 0.3 is 0 Å². The second-order valence-corrected chi connectivity index (χ2v) is 4.04. The van der Waals surface area contributed by atoms with Crippen LogP contribution in [-0.2, 0) is 11.3 Å². The number of nitrogens with zero attached hydrogens (tertiary/aromatic N) is 1. The Morgan fingerprint density at radius 3 is 2.94 bits per heavy atom. The summed E-state index contributed by atoms with van der Waals surface area (Å²) in [6.45, 7) is 2.70. The molecule has 0 bridgehead atoms. The highest BCUT2D eigenvalue weighted by Gasteiger charge is 1.95. The minimum absolute atomic E-state index is 0.726. The van der Waals surface area contributed by atoms with Crippen LogP contribution in [0.4, 0.5) is 0 Å². The Labute approximate surface area is 103 Å². The predicted octanol–water partition coefficient (Wildman–Crippen LogP) is 2.46. The molecule has 3 nitrogen and oxygen atoms in total. The van der Waals surface area contributed by atoms with Crippen molar-refractivity contribution in [3.8, 4) is 6.07 Å². The maximum Gasteiger partial charge on any atom is 0.0991 e. The zero-order chi connectivity index (χ0) is 12.3. The van der Waals surface area contributed by atoms with E-state index in [9.17, 15) is 0 Å². The van der Waals surface area contributed by atoms with E-state index in [4.69, 9.17) is 10.00 Å². The van der Waals surface area contributed by atoms with Gasteiger partial charge < -0.3 is 10.1 Å². The molecule has 92 valence electrons. The summed E-state index contributed by atoms with van der Waals surface area (Å²) in [5.74, 6) is 0. The van der Waals surface area contributed by atoms with Crippen LogP contribution in [0.15, 0.2) is 24.3 Å². The molecule has 0 fully saturated rings. The molecule has 17 heavy (non-hydrogen) atoms. The fourth-order valence-corrected chi connectivity index (χ4v) is 1.66.